The van der Waals surface area contributed by atoms with Crippen LogP contribution in [0.3, 0.4) is 0 Å². The predicted molar refractivity (Wildman–Crippen MR) is 86.4 cm³/mol. The molecule has 120 valence electrons. The molecule has 2 aromatic rings. The van der Waals surface area contributed by atoms with Crippen LogP contribution in [0.5, 0.6) is 5.75 Å². The third-order valence-corrected chi connectivity index (χ3v) is 3.28. The number of ether oxygens (including phenoxy) is 1. The van der Waals surface area contributed by atoms with Crippen molar-refractivity contribution in [3.05, 3.63) is 71.6 Å². The monoisotopic (exact) mass is 315 g/mol. The summed E-state index contributed by atoms with van der Waals surface area (Å²) in [6, 6.07) is 12.8. The Labute approximate surface area is 134 Å². The first-order valence-corrected chi connectivity index (χ1v) is 7.12. The van der Waals surface area contributed by atoms with E-state index in [0.717, 1.165) is 5.56 Å². The van der Waals surface area contributed by atoms with Crippen LogP contribution >= 0.6 is 0 Å². The molecular formula is C18H18FNO3. The number of carbonyl (C=O) groups excluding carboxylic acids is 1. The van der Waals surface area contributed by atoms with E-state index in [4.69, 9.17) is 4.74 Å². The molecule has 5 heteroatoms. The van der Waals surface area contributed by atoms with Crippen molar-refractivity contribution in [1.82, 2.24) is 5.32 Å². The number of aliphatic hydroxyl groups is 1. The zero-order valence-corrected chi connectivity index (χ0v) is 12.7. The average Bonchev–Trinajstić information content (AvgIpc) is 2.58. The van der Waals surface area contributed by atoms with Crippen molar-refractivity contribution in [2.75, 3.05) is 13.7 Å². The Bertz CT molecular complexity index is 683. The van der Waals surface area contributed by atoms with Crippen LogP contribution in [0.15, 0.2) is 54.6 Å². The first-order valence-electron chi connectivity index (χ1n) is 7.12. The van der Waals surface area contributed by atoms with Crippen molar-refractivity contribution in [3.8, 4) is 5.75 Å². The van der Waals surface area contributed by atoms with E-state index in [-0.39, 0.29) is 18.3 Å². The number of rotatable bonds is 6. The van der Waals surface area contributed by atoms with Crippen molar-refractivity contribution < 1.29 is 19.0 Å². The maximum absolute atomic E-state index is 12.8. The van der Waals surface area contributed by atoms with Crippen LogP contribution in [-0.2, 0) is 4.79 Å². The van der Waals surface area contributed by atoms with Gasteiger partial charge < -0.3 is 15.2 Å². The van der Waals surface area contributed by atoms with Gasteiger partial charge in [-0.3, -0.25) is 4.79 Å². The lowest BCUT2D eigenvalue weighted by molar-refractivity contribution is -0.116. The lowest BCUT2D eigenvalue weighted by Gasteiger charge is -2.11. The van der Waals surface area contributed by atoms with Gasteiger partial charge in [-0.2, -0.15) is 0 Å². The molecule has 4 nitrogen and oxygen atoms in total. The normalized spacial score (nSPS) is 12.1. The van der Waals surface area contributed by atoms with Crippen LogP contribution in [0.25, 0.3) is 6.08 Å². The van der Waals surface area contributed by atoms with E-state index in [2.05, 4.69) is 5.32 Å². The summed E-state index contributed by atoms with van der Waals surface area (Å²) in [6.07, 6.45) is 2.12. The van der Waals surface area contributed by atoms with Crippen LogP contribution < -0.4 is 10.1 Å². The predicted octanol–water partition coefficient (Wildman–Crippen LogP) is 2.70. The molecule has 0 saturated heterocycles. The van der Waals surface area contributed by atoms with Crippen molar-refractivity contribution in [2.24, 2.45) is 0 Å². The Morgan fingerprint density at radius 2 is 1.96 bits per heavy atom. The van der Waals surface area contributed by atoms with Crippen molar-refractivity contribution in [2.45, 2.75) is 6.10 Å². The fourth-order valence-corrected chi connectivity index (χ4v) is 2.03. The number of benzene rings is 2. The van der Waals surface area contributed by atoms with E-state index >= 15 is 0 Å². The standard InChI is InChI=1S/C18H18FNO3/c1-23-17-5-3-2-4-14(17)8-11-18(22)20-12-16(21)13-6-9-15(19)10-7-13/h2-11,16,21H,12H2,1H3,(H,20,22)/b11-8+. The van der Waals surface area contributed by atoms with Gasteiger partial charge >= 0.3 is 0 Å². The third kappa shape index (κ3) is 4.93. The molecule has 2 N–H and O–H groups in total. The highest BCUT2D eigenvalue weighted by Gasteiger charge is 2.08. The minimum absolute atomic E-state index is 0.0424. The first-order chi connectivity index (χ1) is 11.1. The number of halogens is 1. The van der Waals surface area contributed by atoms with Crippen LogP contribution in [0, 0.1) is 5.82 Å². The van der Waals surface area contributed by atoms with Gasteiger partial charge in [0.2, 0.25) is 5.91 Å². The second-order valence-electron chi connectivity index (χ2n) is 4.89. The van der Waals surface area contributed by atoms with Gasteiger partial charge in [0.1, 0.15) is 11.6 Å². The lowest BCUT2D eigenvalue weighted by Crippen LogP contribution is -2.26. The van der Waals surface area contributed by atoms with Crippen molar-refractivity contribution in [3.63, 3.8) is 0 Å². The molecule has 0 aliphatic carbocycles. The fourth-order valence-electron chi connectivity index (χ4n) is 2.03. The Balaban J connectivity index is 1.89. The molecule has 0 aliphatic heterocycles. The summed E-state index contributed by atoms with van der Waals surface area (Å²) in [7, 11) is 1.56. The topological polar surface area (TPSA) is 58.6 Å². The third-order valence-electron chi connectivity index (χ3n) is 3.28. The molecule has 23 heavy (non-hydrogen) atoms. The van der Waals surface area contributed by atoms with E-state index in [1.807, 2.05) is 18.2 Å². The SMILES string of the molecule is COc1ccccc1/C=C/C(=O)NCC(O)c1ccc(F)cc1. The molecule has 0 aromatic heterocycles. The second-order valence-corrected chi connectivity index (χ2v) is 4.89. The fraction of sp³-hybridized carbons (Fsp3) is 0.167. The Morgan fingerprint density at radius 3 is 2.65 bits per heavy atom. The van der Waals surface area contributed by atoms with Crippen molar-refractivity contribution in [1.29, 1.82) is 0 Å². The van der Waals surface area contributed by atoms with E-state index < -0.39 is 6.10 Å². The highest BCUT2D eigenvalue weighted by molar-refractivity contribution is 5.92. The van der Waals surface area contributed by atoms with Crippen molar-refractivity contribution >= 4 is 12.0 Å². The molecule has 0 heterocycles. The maximum atomic E-state index is 12.8. The van der Waals surface area contributed by atoms with E-state index in [1.165, 1.54) is 30.3 Å². The van der Waals surface area contributed by atoms with Gasteiger partial charge in [0, 0.05) is 18.2 Å². The molecule has 0 radical (unpaired) electrons. The summed E-state index contributed by atoms with van der Waals surface area (Å²) < 4.78 is 18.0. The number of para-hydroxylation sites is 1. The molecule has 1 atom stereocenters. The van der Waals surface area contributed by atoms with Crippen LogP contribution in [0.1, 0.15) is 17.2 Å². The summed E-state index contributed by atoms with van der Waals surface area (Å²) >= 11 is 0. The summed E-state index contributed by atoms with van der Waals surface area (Å²) in [5.74, 6) is -0.0373. The molecule has 0 aliphatic rings. The van der Waals surface area contributed by atoms with Gasteiger partial charge in [0.25, 0.3) is 0 Å². The number of hydrogen-bond acceptors (Lipinski definition) is 3. The Morgan fingerprint density at radius 1 is 1.26 bits per heavy atom. The minimum Gasteiger partial charge on any atom is -0.496 e. The molecule has 0 spiro atoms. The number of methoxy groups -OCH3 is 1. The zero-order chi connectivity index (χ0) is 16.7. The van der Waals surface area contributed by atoms with Gasteiger partial charge in [-0.1, -0.05) is 30.3 Å². The van der Waals surface area contributed by atoms with E-state index in [9.17, 15) is 14.3 Å². The van der Waals surface area contributed by atoms with Gasteiger partial charge in [-0.15, -0.1) is 0 Å². The highest BCUT2D eigenvalue weighted by Crippen LogP contribution is 2.18. The van der Waals surface area contributed by atoms with Gasteiger partial charge in [0.15, 0.2) is 0 Å². The van der Waals surface area contributed by atoms with Crippen LogP contribution in [0.4, 0.5) is 4.39 Å². The summed E-state index contributed by atoms with van der Waals surface area (Å²) in [4.78, 5) is 11.8. The van der Waals surface area contributed by atoms with Gasteiger partial charge in [-0.05, 0) is 29.8 Å². The number of hydrogen-bond donors (Lipinski definition) is 2. The summed E-state index contributed by atoms with van der Waals surface area (Å²) in [6.45, 7) is 0.0424. The highest BCUT2D eigenvalue weighted by atomic mass is 19.1. The zero-order valence-electron chi connectivity index (χ0n) is 12.7. The van der Waals surface area contributed by atoms with E-state index in [1.54, 1.807) is 19.3 Å². The average molecular weight is 315 g/mol. The Kier molecular flexibility index (Phi) is 5.88. The van der Waals surface area contributed by atoms with Gasteiger partial charge in [-0.25, -0.2) is 4.39 Å². The summed E-state index contributed by atoms with van der Waals surface area (Å²) in [5.41, 5.74) is 1.32. The van der Waals surface area contributed by atoms with Crippen LogP contribution in [-0.4, -0.2) is 24.7 Å². The maximum Gasteiger partial charge on any atom is 0.244 e. The second kappa shape index (κ2) is 8.10. The molecule has 2 rings (SSSR count). The largest absolute Gasteiger partial charge is 0.496 e. The Hall–Kier alpha value is -2.66. The molecule has 1 unspecified atom stereocenters. The van der Waals surface area contributed by atoms with Crippen LogP contribution in [0.2, 0.25) is 0 Å². The van der Waals surface area contributed by atoms with E-state index in [0.29, 0.717) is 11.3 Å². The molecule has 0 saturated carbocycles. The first kappa shape index (κ1) is 16.7. The summed E-state index contributed by atoms with van der Waals surface area (Å²) in [5, 5.41) is 12.5. The quantitative estimate of drug-likeness (QED) is 0.806. The number of carbonyl (C=O) groups is 1. The van der Waals surface area contributed by atoms with Gasteiger partial charge in [0.05, 0.1) is 13.2 Å². The number of aliphatic hydroxyl groups excluding tert-OH is 1. The number of amides is 1. The molecule has 0 bridgehead atoms. The molecule has 0 fully saturated rings. The molecular weight excluding hydrogens is 297 g/mol. The lowest BCUT2D eigenvalue weighted by atomic mass is 10.1. The minimum atomic E-state index is -0.890. The molecule has 1 amide bonds. The smallest absolute Gasteiger partial charge is 0.244 e. The number of nitrogens with one attached hydrogen (secondary N) is 1. The molecule has 2 aromatic carbocycles.